The van der Waals surface area contributed by atoms with Gasteiger partial charge in [-0.1, -0.05) is 12.1 Å². The lowest BCUT2D eigenvalue weighted by molar-refractivity contribution is -0.136. The molecule has 2 amide bonds. The molecule has 1 aliphatic rings. The number of nitrogens with zero attached hydrogens (tertiary/aromatic N) is 2. The molecular formula is C18H16N4O3S. The van der Waals surface area contributed by atoms with Crippen LogP contribution in [0.1, 0.15) is 34.4 Å². The van der Waals surface area contributed by atoms with E-state index in [4.69, 9.17) is 0 Å². The van der Waals surface area contributed by atoms with Crippen LogP contribution < -0.4 is 10.7 Å². The van der Waals surface area contributed by atoms with E-state index in [0.717, 1.165) is 36.1 Å². The van der Waals surface area contributed by atoms with Crippen LogP contribution in [0.5, 0.6) is 5.75 Å². The average molecular weight is 368 g/mol. The van der Waals surface area contributed by atoms with Gasteiger partial charge < -0.3 is 10.4 Å². The quantitative estimate of drug-likeness (QED) is 0.438. The summed E-state index contributed by atoms with van der Waals surface area (Å²) in [5.74, 6) is -1.83. The maximum Gasteiger partial charge on any atom is 0.329 e. The number of anilines is 1. The van der Waals surface area contributed by atoms with Crippen molar-refractivity contribution in [2.75, 3.05) is 5.32 Å². The maximum absolute atomic E-state index is 12.1. The number of hydrogen-bond donors (Lipinski definition) is 3. The van der Waals surface area contributed by atoms with E-state index in [9.17, 15) is 20.0 Å². The SMILES string of the molecule is N#Cc1c(NC(=O)C(=O)N/N=C/c2ccccc2O)sc2c1CCCC2. The standard InChI is InChI=1S/C18H16N4O3S/c19-9-13-12-6-2-4-8-15(12)26-18(13)21-16(24)17(25)22-20-10-11-5-1-3-7-14(11)23/h1,3,5,7,10,23H,2,4,6,8H2,(H,21,24)(H,22,25)/b20-10+. The second kappa shape index (κ2) is 7.80. The Morgan fingerprint density at radius 1 is 1.23 bits per heavy atom. The summed E-state index contributed by atoms with van der Waals surface area (Å²) in [7, 11) is 0. The molecule has 3 N–H and O–H groups in total. The molecule has 0 radical (unpaired) electrons. The van der Waals surface area contributed by atoms with Crippen LogP contribution in [0.4, 0.5) is 5.00 Å². The van der Waals surface area contributed by atoms with Crippen LogP contribution in [0.25, 0.3) is 0 Å². The molecule has 26 heavy (non-hydrogen) atoms. The van der Waals surface area contributed by atoms with Crippen LogP contribution in [0, 0.1) is 11.3 Å². The highest BCUT2D eigenvalue weighted by atomic mass is 32.1. The highest BCUT2D eigenvalue weighted by Crippen LogP contribution is 2.37. The van der Waals surface area contributed by atoms with Gasteiger partial charge in [-0.25, -0.2) is 5.43 Å². The number of rotatable bonds is 3. The molecule has 0 atom stereocenters. The minimum absolute atomic E-state index is 0.0118. The highest BCUT2D eigenvalue weighted by molar-refractivity contribution is 7.16. The first kappa shape index (κ1) is 17.6. The summed E-state index contributed by atoms with van der Waals surface area (Å²) in [6.07, 6.45) is 5.04. The molecule has 0 bridgehead atoms. The number of carbonyl (C=O) groups is 2. The van der Waals surface area contributed by atoms with Crippen LogP contribution in [-0.4, -0.2) is 23.1 Å². The third-order valence-corrected chi connectivity index (χ3v) is 5.23. The van der Waals surface area contributed by atoms with E-state index in [2.05, 4.69) is 21.9 Å². The van der Waals surface area contributed by atoms with Crippen LogP contribution in [0.3, 0.4) is 0 Å². The lowest BCUT2D eigenvalue weighted by Gasteiger charge is -2.09. The third kappa shape index (κ3) is 3.73. The van der Waals surface area contributed by atoms with Crippen molar-refractivity contribution in [1.29, 1.82) is 5.26 Å². The number of nitrogens with one attached hydrogen (secondary N) is 2. The van der Waals surface area contributed by atoms with Crippen LogP contribution in [0.15, 0.2) is 29.4 Å². The van der Waals surface area contributed by atoms with Gasteiger partial charge in [0.25, 0.3) is 0 Å². The number of amides is 2. The van der Waals surface area contributed by atoms with Crippen molar-refractivity contribution in [3.63, 3.8) is 0 Å². The molecule has 0 saturated carbocycles. The summed E-state index contributed by atoms with van der Waals surface area (Å²) in [5.41, 5.74) is 3.95. The Morgan fingerprint density at radius 3 is 2.77 bits per heavy atom. The number of aryl methyl sites for hydroxylation is 1. The van der Waals surface area contributed by atoms with Crippen molar-refractivity contribution in [2.24, 2.45) is 5.10 Å². The molecule has 2 aromatic rings. The maximum atomic E-state index is 12.1. The fraction of sp³-hybridized carbons (Fsp3) is 0.222. The Balaban J connectivity index is 1.65. The number of benzene rings is 1. The van der Waals surface area contributed by atoms with Crippen molar-refractivity contribution >= 4 is 34.4 Å². The molecule has 0 fully saturated rings. The minimum Gasteiger partial charge on any atom is -0.507 e. The smallest absolute Gasteiger partial charge is 0.329 e. The number of thiophene rings is 1. The van der Waals surface area contributed by atoms with Crippen molar-refractivity contribution in [3.8, 4) is 11.8 Å². The zero-order valence-corrected chi connectivity index (χ0v) is 14.6. The highest BCUT2D eigenvalue weighted by Gasteiger charge is 2.23. The molecular weight excluding hydrogens is 352 g/mol. The predicted octanol–water partition coefficient (Wildman–Crippen LogP) is 2.29. The molecule has 0 unspecified atom stereocenters. The first-order valence-electron chi connectivity index (χ1n) is 8.07. The number of aromatic hydroxyl groups is 1. The average Bonchev–Trinajstić information content (AvgIpc) is 3.00. The molecule has 0 aliphatic heterocycles. The van der Waals surface area contributed by atoms with E-state index in [1.165, 1.54) is 23.6 Å². The van der Waals surface area contributed by atoms with Gasteiger partial charge in [-0.3, -0.25) is 9.59 Å². The van der Waals surface area contributed by atoms with Crippen molar-refractivity contribution in [3.05, 3.63) is 45.8 Å². The summed E-state index contributed by atoms with van der Waals surface area (Å²) in [4.78, 5) is 25.0. The monoisotopic (exact) mass is 368 g/mol. The van der Waals surface area contributed by atoms with E-state index >= 15 is 0 Å². The second-order valence-corrected chi connectivity index (χ2v) is 6.84. The number of phenols is 1. The third-order valence-electron chi connectivity index (χ3n) is 4.02. The van der Waals surface area contributed by atoms with Gasteiger partial charge in [0, 0.05) is 10.4 Å². The van der Waals surface area contributed by atoms with Crippen molar-refractivity contribution in [1.82, 2.24) is 5.43 Å². The fourth-order valence-electron chi connectivity index (χ4n) is 2.74. The van der Waals surface area contributed by atoms with Gasteiger partial charge >= 0.3 is 11.8 Å². The summed E-state index contributed by atoms with van der Waals surface area (Å²) >= 11 is 1.35. The van der Waals surface area contributed by atoms with Crippen LogP contribution in [0.2, 0.25) is 0 Å². The number of carbonyl (C=O) groups excluding carboxylic acids is 2. The first-order valence-corrected chi connectivity index (χ1v) is 8.89. The van der Waals surface area contributed by atoms with E-state index in [-0.39, 0.29) is 5.75 Å². The molecule has 3 rings (SSSR count). The summed E-state index contributed by atoms with van der Waals surface area (Å²) in [5, 5.41) is 25.5. The second-order valence-electron chi connectivity index (χ2n) is 5.74. The number of fused-ring (bicyclic) bond motifs is 1. The number of hydrazone groups is 1. The topological polar surface area (TPSA) is 115 Å². The predicted molar refractivity (Wildman–Crippen MR) is 98.1 cm³/mol. The number of hydrogen-bond acceptors (Lipinski definition) is 6. The van der Waals surface area contributed by atoms with E-state index in [1.54, 1.807) is 18.2 Å². The van der Waals surface area contributed by atoms with Gasteiger partial charge in [-0.2, -0.15) is 10.4 Å². The molecule has 1 aromatic heterocycles. The van der Waals surface area contributed by atoms with Gasteiger partial charge in [0.2, 0.25) is 0 Å². The van der Waals surface area contributed by atoms with Gasteiger partial charge in [0.1, 0.15) is 16.8 Å². The van der Waals surface area contributed by atoms with E-state index in [1.807, 2.05) is 0 Å². The zero-order valence-electron chi connectivity index (χ0n) is 13.8. The summed E-state index contributed by atoms with van der Waals surface area (Å²) in [6.45, 7) is 0. The first-order chi connectivity index (χ1) is 12.6. The van der Waals surface area contributed by atoms with Crippen molar-refractivity contribution < 1.29 is 14.7 Å². The van der Waals surface area contributed by atoms with Crippen LogP contribution >= 0.6 is 11.3 Å². The Labute approximate surface area is 154 Å². The molecule has 8 heteroatoms. The van der Waals surface area contributed by atoms with Gasteiger partial charge in [-0.15, -0.1) is 11.3 Å². The van der Waals surface area contributed by atoms with E-state index < -0.39 is 11.8 Å². The van der Waals surface area contributed by atoms with Gasteiger partial charge in [0.15, 0.2) is 0 Å². The molecule has 7 nitrogen and oxygen atoms in total. The fourth-order valence-corrected chi connectivity index (χ4v) is 3.97. The molecule has 1 aliphatic carbocycles. The molecule has 0 spiro atoms. The van der Waals surface area contributed by atoms with E-state index in [0.29, 0.717) is 16.1 Å². The Bertz CT molecular complexity index is 927. The molecule has 1 heterocycles. The molecule has 0 saturated heterocycles. The van der Waals surface area contributed by atoms with Gasteiger partial charge in [-0.05, 0) is 43.4 Å². The molecule has 132 valence electrons. The lowest BCUT2D eigenvalue weighted by atomic mass is 9.96. The Hall–Kier alpha value is -3.18. The van der Waals surface area contributed by atoms with Gasteiger partial charge in [0.05, 0.1) is 11.8 Å². The van der Waals surface area contributed by atoms with Crippen LogP contribution in [-0.2, 0) is 22.4 Å². The number of phenolic OH excluding ortho intramolecular Hbond substituents is 1. The Kier molecular flexibility index (Phi) is 5.29. The number of para-hydroxylation sites is 1. The summed E-state index contributed by atoms with van der Waals surface area (Å²) in [6, 6.07) is 8.59. The normalized spacial score (nSPS) is 13.0. The lowest BCUT2D eigenvalue weighted by Crippen LogP contribution is -2.32. The largest absolute Gasteiger partial charge is 0.507 e. The summed E-state index contributed by atoms with van der Waals surface area (Å²) < 4.78 is 0. The zero-order chi connectivity index (χ0) is 18.5. The number of nitriles is 1. The minimum atomic E-state index is -0.952. The molecule has 1 aromatic carbocycles. The van der Waals surface area contributed by atoms with Crippen molar-refractivity contribution in [2.45, 2.75) is 25.7 Å². The Morgan fingerprint density at radius 2 is 2.00 bits per heavy atom.